The summed E-state index contributed by atoms with van der Waals surface area (Å²) in [6.45, 7) is 2.10. The van der Waals surface area contributed by atoms with Crippen LogP contribution in [0.2, 0.25) is 0 Å². The second-order valence-electron chi connectivity index (χ2n) is 3.66. The monoisotopic (exact) mass is 177 g/mol. The summed E-state index contributed by atoms with van der Waals surface area (Å²) in [5.74, 6) is -2.27. The fraction of sp³-hybridized carbons (Fsp3) is 1.00. The number of halogens is 2. The first-order valence-corrected chi connectivity index (χ1v) is 4.36. The van der Waals surface area contributed by atoms with E-state index in [1.54, 1.807) is 0 Å². The van der Waals surface area contributed by atoms with Gasteiger partial charge in [-0.3, -0.25) is 0 Å². The van der Waals surface area contributed by atoms with Crippen molar-refractivity contribution in [2.45, 2.75) is 24.8 Å². The van der Waals surface area contributed by atoms with Gasteiger partial charge in [0.25, 0.3) is 0 Å². The van der Waals surface area contributed by atoms with E-state index < -0.39 is 5.92 Å². The van der Waals surface area contributed by atoms with Crippen LogP contribution in [0.1, 0.15) is 12.8 Å². The summed E-state index contributed by atoms with van der Waals surface area (Å²) in [7, 11) is 0. The lowest BCUT2D eigenvalue weighted by molar-refractivity contribution is -0.129. The Morgan fingerprint density at radius 3 is 2.58 bits per heavy atom. The van der Waals surface area contributed by atoms with Crippen molar-refractivity contribution < 1.29 is 13.5 Å². The molecule has 12 heavy (non-hydrogen) atoms. The Morgan fingerprint density at radius 2 is 2.08 bits per heavy atom. The van der Waals surface area contributed by atoms with Crippen LogP contribution in [0.4, 0.5) is 8.78 Å². The van der Waals surface area contributed by atoms with Gasteiger partial charge in [-0.1, -0.05) is 0 Å². The fourth-order valence-electron chi connectivity index (χ4n) is 1.88. The van der Waals surface area contributed by atoms with E-state index in [0.29, 0.717) is 13.2 Å². The first-order chi connectivity index (χ1) is 5.67. The molecule has 0 aromatic carbocycles. The number of nitrogens with one attached hydrogen (secondary N) is 1. The Morgan fingerprint density at radius 1 is 1.33 bits per heavy atom. The van der Waals surface area contributed by atoms with Gasteiger partial charge in [0.2, 0.25) is 5.92 Å². The van der Waals surface area contributed by atoms with Crippen molar-refractivity contribution in [3.05, 3.63) is 0 Å². The Bertz CT molecular complexity index is 160. The molecule has 1 saturated carbocycles. The molecule has 1 unspecified atom stereocenters. The first kappa shape index (κ1) is 8.38. The number of hydrogen-bond acceptors (Lipinski definition) is 2. The zero-order valence-electron chi connectivity index (χ0n) is 6.85. The van der Waals surface area contributed by atoms with E-state index in [9.17, 15) is 8.78 Å². The molecular formula is C8H13F2NO. The third-order valence-electron chi connectivity index (χ3n) is 2.64. The molecule has 2 nitrogen and oxygen atoms in total. The molecule has 1 heterocycles. The highest BCUT2D eigenvalue weighted by atomic mass is 19.3. The fourth-order valence-corrected chi connectivity index (χ4v) is 1.88. The van der Waals surface area contributed by atoms with Gasteiger partial charge in [-0.25, -0.2) is 8.78 Å². The normalized spacial score (nSPS) is 36.0. The number of hydrogen-bond donors (Lipinski definition) is 1. The summed E-state index contributed by atoms with van der Waals surface area (Å²) >= 11 is 0. The lowest BCUT2D eigenvalue weighted by atomic mass is 9.76. The lowest BCUT2D eigenvalue weighted by Crippen LogP contribution is -2.53. The maximum absolute atomic E-state index is 12.5. The zero-order chi connectivity index (χ0) is 8.60. The predicted octanol–water partition coefficient (Wildman–Crippen LogP) is 1.02. The van der Waals surface area contributed by atoms with Crippen LogP contribution in [0, 0.1) is 5.92 Å². The standard InChI is InChI=1S/C8H13F2NO/c9-8(10)3-6(4-8)7-5-12-2-1-11-7/h6-7,11H,1-5H2. The third-order valence-corrected chi connectivity index (χ3v) is 2.64. The predicted molar refractivity (Wildman–Crippen MR) is 40.3 cm³/mol. The van der Waals surface area contributed by atoms with E-state index in [0.717, 1.165) is 6.54 Å². The highest BCUT2D eigenvalue weighted by Gasteiger charge is 2.48. The van der Waals surface area contributed by atoms with Gasteiger partial charge < -0.3 is 10.1 Å². The van der Waals surface area contributed by atoms with Crippen LogP contribution in [0.3, 0.4) is 0 Å². The van der Waals surface area contributed by atoms with Crippen molar-refractivity contribution in [3.8, 4) is 0 Å². The average Bonchev–Trinajstić information content (AvgIpc) is 2.02. The molecule has 1 saturated heterocycles. The molecule has 0 aromatic heterocycles. The summed E-state index contributed by atoms with van der Waals surface area (Å²) in [6, 6.07) is 0.165. The van der Waals surface area contributed by atoms with Crippen molar-refractivity contribution in [1.29, 1.82) is 0 Å². The lowest BCUT2D eigenvalue weighted by Gasteiger charge is -2.41. The Balaban J connectivity index is 1.79. The van der Waals surface area contributed by atoms with Gasteiger partial charge in [0, 0.05) is 25.4 Å². The van der Waals surface area contributed by atoms with Gasteiger partial charge in [-0.2, -0.15) is 0 Å². The van der Waals surface area contributed by atoms with Gasteiger partial charge in [-0.15, -0.1) is 0 Å². The van der Waals surface area contributed by atoms with Crippen molar-refractivity contribution in [3.63, 3.8) is 0 Å². The smallest absolute Gasteiger partial charge is 0.248 e. The zero-order valence-corrected chi connectivity index (χ0v) is 6.85. The SMILES string of the molecule is FC1(F)CC(C2COCCN2)C1. The number of ether oxygens (including phenoxy) is 1. The highest BCUT2D eigenvalue weighted by molar-refractivity contribution is 4.93. The van der Waals surface area contributed by atoms with Gasteiger partial charge in [0.1, 0.15) is 0 Å². The minimum atomic E-state index is -2.40. The van der Waals surface area contributed by atoms with Gasteiger partial charge in [0.05, 0.1) is 13.2 Å². The molecule has 2 aliphatic rings. The Hall–Kier alpha value is -0.220. The molecule has 1 aliphatic heterocycles. The molecule has 0 spiro atoms. The molecule has 1 aliphatic carbocycles. The molecule has 1 N–H and O–H groups in total. The minimum absolute atomic E-state index is 0.0357. The highest BCUT2D eigenvalue weighted by Crippen LogP contribution is 2.44. The molecule has 0 bridgehead atoms. The van der Waals surface area contributed by atoms with E-state index in [2.05, 4.69) is 5.32 Å². The van der Waals surface area contributed by atoms with E-state index >= 15 is 0 Å². The van der Waals surface area contributed by atoms with Crippen molar-refractivity contribution in [1.82, 2.24) is 5.32 Å². The Kier molecular flexibility index (Phi) is 2.04. The van der Waals surface area contributed by atoms with E-state index in [1.165, 1.54) is 0 Å². The first-order valence-electron chi connectivity index (χ1n) is 4.36. The third kappa shape index (κ3) is 1.59. The number of alkyl halides is 2. The average molecular weight is 177 g/mol. The van der Waals surface area contributed by atoms with Crippen LogP contribution in [0.25, 0.3) is 0 Å². The van der Waals surface area contributed by atoms with Gasteiger partial charge >= 0.3 is 0 Å². The number of morpholine rings is 1. The van der Waals surface area contributed by atoms with Gasteiger partial charge in [0.15, 0.2) is 0 Å². The van der Waals surface area contributed by atoms with Crippen LogP contribution in [0.5, 0.6) is 0 Å². The van der Waals surface area contributed by atoms with Crippen LogP contribution in [-0.4, -0.2) is 31.7 Å². The molecule has 0 radical (unpaired) electrons. The second kappa shape index (κ2) is 2.92. The van der Waals surface area contributed by atoms with Crippen molar-refractivity contribution >= 4 is 0 Å². The quantitative estimate of drug-likeness (QED) is 0.645. The maximum atomic E-state index is 12.5. The summed E-state index contributed by atoms with van der Waals surface area (Å²) in [5.41, 5.74) is 0. The topological polar surface area (TPSA) is 21.3 Å². The molecule has 2 fully saturated rings. The maximum Gasteiger partial charge on any atom is 0.248 e. The molecular weight excluding hydrogens is 164 g/mol. The van der Waals surface area contributed by atoms with Crippen LogP contribution >= 0.6 is 0 Å². The van der Waals surface area contributed by atoms with Gasteiger partial charge in [-0.05, 0) is 5.92 Å². The summed E-state index contributed by atoms with van der Waals surface area (Å²) in [6.07, 6.45) is 0.0715. The van der Waals surface area contributed by atoms with Crippen molar-refractivity contribution in [2.75, 3.05) is 19.8 Å². The molecule has 2 rings (SSSR count). The molecule has 1 atom stereocenters. The van der Waals surface area contributed by atoms with E-state index in [4.69, 9.17) is 4.74 Å². The molecule has 70 valence electrons. The van der Waals surface area contributed by atoms with Crippen molar-refractivity contribution in [2.24, 2.45) is 5.92 Å². The van der Waals surface area contributed by atoms with Crippen LogP contribution in [-0.2, 0) is 4.74 Å². The molecule has 0 aromatic rings. The Labute approximate surface area is 70.3 Å². The largest absolute Gasteiger partial charge is 0.379 e. The summed E-state index contributed by atoms with van der Waals surface area (Å²) in [5, 5.41) is 3.20. The minimum Gasteiger partial charge on any atom is -0.379 e. The summed E-state index contributed by atoms with van der Waals surface area (Å²) in [4.78, 5) is 0. The van der Waals surface area contributed by atoms with Crippen LogP contribution in [0.15, 0.2) is 0 Å². The number of rotatable bonds is 1. The van der Waals surface area contributed by atoms with E-state index in [-0.39, 0.29) is 24.8 Å². The van der Waals surface area contributed by atoms with Crippen LogP contribution < -0.4 is 5.32 Å². The molecule has 4 heteroatoms. The molecule has 0 amide bonds. The second-order valence-corrected chi connectivity index (χ2v) is 3.66. The summed E-state index contributed by atoms with van der Waals surface area (Å²) < 4.78 is 30.1. The van der Waals surface area contributed by atoms with E-state index in [1.807, 2.05) is 0 Å².